The zero-order chi connectivity index (χ0) is 14.8. The lowest BCUT2D eigenvalue weighted by molar-refractivity contribution is 0.102. The molecule has 0 bridgehead atoms. The van der Waals surface area contributed by atoms with Crippen molar-refractivity contribution >= 4 is 23.1 Å². The van der Waals surface area contributed by atoms with Gasteiger partial charge in [-0.05, 0) is 13.3 Å². The van der Waals surface area contributed by atoms with E-state index in [1.807, 2.05) is 17.7 Å². The van der Waals surface area contributed by atoms with Gasteiger partial charge in [-0.25, -0.2) is 0 Å². The molecule has 0 radical (unpaired) electrons. The molecule has 0 aromatic carbocycles. The van der Waals surface area contributed by atoms with Gasteiger partial charge >= 0.3 is 0 Å². The van der Waals surface area contributed by atoms with E-state index in [1.54, 1.807) is 5.38 Å². The van der Waals surface area contributed by atoms with E-state index in [4.69, 9.17) is 9.47 Å². The van der Waals surface area contributed by atoms with Crippen LogP contribution in [0, 0.1) is 6.92 Å². The Balaban J connectivity index is 1.77. The first-order valence-corrected chi connectivity index (χ1v) is 7.80. The second-order valence-corrected chi connectivity index (χ2v) is 5.68. The summed E-state index contributed by atoms with van der Waals surface area (Å²) in [5.74, 6) is 1.52. The molecule has 112 valence electrons. The fraction of sp³-hybridized carbons (Fsp3) is 0.429. The number of amides is 1. The number of thiophene rings is 1. The zero-order valence-electron chi connectivity index (χ0n) is 12.0. The van der Waals surface area contributed by atoms with Crippen LogP contribution >= 0.6 is 11.3 Å². The summed E-state index contributed by atoms with van der Waals surface area (Å²) >= 11 is 1.32. The minimum absolute atomic E-state index is 0.215. The van der Waals surface area contributed by atoms with Crippen molar-refractivity contribution < 1.29 is 14.3 Å². The summed E-state index contributed by atoms with van der Waals surface area (Å²) in [7, 11) is 0. The van der Waals surface area contributed by atoms with E-state index in [0.717, 1.165) is 18.7 Å². The van der Waals surface area contributed by atoms with Crippen molar-refractivity contribution in [3.63, 3.8) is 0 Å². The van der Waals surface area contributed by atoms with Crippen molar-refractivity contribution in [1.29, 1.82) is 0 Å². The van der Waals surface area contributed by atoms with Crippen molar-refractivity contribution in [3.05, 3.63) is 22.0 Å². The highest BCUT2D eigenvalue weighted by Gasteiger charge is 2.24. The first kappa shape index (κ1) is 13.9. The lowest BCUT2D eigenvalue weighted by Crippen LogP contribution is -2.18. The van der Waals surface area contributed by atoms with Crippen LogP contribution in [0.25, 0.3) is 0 Å². The Kier molecular flexibility index (Phi) is 3.83. The van der Waals surface area contributed by atoms with Gasteiger partial charge in [0.25, 0.3) is 5.91 Å². The van der Waals surface area contributed by atoms with Crippen LogP contribution in [0.2, 0.25) is 0 Å². The van der Waals surface area contributed by atoms with Gasteiger partial charge < -0.3 is 14.8 Å². The molecular formula is C14H17N3O3S. The summed E-state index contributed by atoms with van der Waals surface area (Å²) in [4.78, 5) is 12.9. The summed E-state index contributed by atoms with van der Waals surface area (Å²) in [5, 5.41) is 8.99. The minimum Gasteiger partial charge on any atom is -0.485 e. The van der Waals surface area contributed by atoms with Gasteiger partial charge in [-0.2, -0.15) is 5.10 Å². The van der Waals surface area contributed by atoms with Gasteiger partial charge in [0.2, 0.25) is 0 Å². The molecule has 1 aliphatic rings. The lowest BCUT2D eigenvalue weighted by Gasteiger charge is -2.15. The maximum absolute atomic E-state index is 12.3. The third-order valence-electron chi connectivity index (χ3n) is 3.17. The van der Waals surface area contributed by atoms with Crippen molar-refractivity contribution in [2.75, 3.05) is 18.5 Å². The zero-order valence-corrected chi connectivity index (χ0v) is 12.8. The molecule has 1 aliphatic heterocycles. The number of anilines is 1. The monoisotopic (exact) mass is 307 g/mol. The first-order chi connectivity index (χ1) is 10.2. The Morgan fingerprint density at radius 1 is 1.48 bits per heavy atom. The van der Waals surface area contributed by atoms with E-state index in [1.165, 1.54) is 11.3 Å². The van der Waals surface area contributed by atoms with Gasteiger partial charge in [-0.3, -0.25) is 9.48 Å². The highest BCUT2D eigenvalue weighted by molar-refractivity contribution is 7.13. The Morgan fingerprint density at radius 3 is 3.10 bits per heavy atom. The van der Waals surface area contributed by atoms with E-state index in [0.29, 0.717) is 35.4 Å². The van der Waals surface area contributed by atoms with Crippen molar-refractivity contribution in [2.24, 2.45) is 0 Å². The van der Waals surface area contributed by atoms with Crippen LogP contribution in [0.3, 0.4) is 0 Å². The van der Waals surface area contributed by atoms with E-state index in [-0.39, 0.29) is 5.91 Å². The number of hydrogen-bond donors (Lipinski definition) is 1. The smallest absolute Gasteiger partial charge is 0.270 e. The van der Waals surface area contributed by atoms with Crippen molar-refractivity contribution in [3.8, 4) is 11.5 Å². The summed E-state index contributed by atoms with van der Waals surface area (Å²) < 4.78 is 12.9. The van der Waals surface area contributed by atoms with Crippen LogP contribution < -0.4 is 14.8 Å². The maximum atomic E-state index is 12.3. The third kappa shape index (κ3) is 2.73. The molecule has 3 heterocycles. The van der Waals surface area contributed by atoms with Crippen LogP contribution in [0.1, 0.15) is 28.7 Å². The lowest BCUT2D eigenvalue weighted by atomic mass is 10.3. The number of ether oxygens (including phenoxy) is 2. The van der Waals surface area contributed by atoms with Crippen LogP contribution in [-0.4, -0.2) is 28.9 Å². The summed E-state index contributed by atoms with van der Waals surface area (Å²) in [6.45, 7) is 5.89. The molecule has 1 amide bonds. The van der Waals surface area contributed by atoms with Crippen LogP contribution in [0.5, 0.6) is 11.5 Å². The molecule has 2 aromatic rings. The molecule has 0 atom stereocenters. The molecular weight excluding hydrogens is 290 g/mol. The average molecular weight is 307 g/mol. The minimum atomic E-state index is -0.215. The largest absolute Gasteiger partial charge is 0.485 e. The Labute approximate surface area is 126 Å². The Bertz CT molecular complexity index is 662. The number of nitrogens with zero attached hydrogens (tertiary/aromatic N) is 2. The van der Waals surface area contributed by atoms with Gasteiger partial charge in [0, 0.05) is 23.7 Å². The number of aromatic nitrogens is 2. The standard InChI is InChI=1S/C14H17N3O3S/c1-3-4-17-9(2)7-11(16-17)15-14(18)13-12-10(8-21-13)19-5-6-20-12/h7-8H,3-6H2,1-2H3,(H,15,16,18). The number of fused-ring (bicyclic) bond motifs is 1. The average Bonchev–Trinajstić information content (AvgIpc) is 3.03. The Hall–Kier alpha value is -2.02. The van der Waals surface area contributed by atoms with Crippen LogP contribution in [0.15, 0.2) is 11.4 Å². The number of carbonyl (C=O) groups is 1. The van der Waals surface area contributed by atoms with Gasteiger partial charge in [-0.15, -0.1) is 11.3 Å². The molecule has 7 heteroatoms. The Morgan fingerprint density at radius 2 is 2.29 bits per heavy atom. The first-order valence-electron chi connectivity index (χ1n) is 6.92. The van der Waals surface area contributed by atoms with Gasteiger partial charge in [0.1, 0.15) is 18.1 Å². The molecule has 0 aliphatic carbocycles. The predicted molar refractivity (Wildman–Crippen MR) is 80.5 cm³/mol. The topological polar surface area (TPSA) is 65.4 Å². The highest BCUT2D eigenvalue weighted by atomic mass is 32.1. The summed E-state index contributed by atoms with van der Waals surface area (Å²) in [6, 6.07) is 1.87. The number of aryl methyl sites for hydroxylation is 2. The molecule has 0 unspecified atom stereocenters. The second-order valence-electron chi connectivity index (χ2n) is 4.80. The van der Waals surface area contributed by atoms with Crippen molar-refractivity contribution in [2.45, 2.75) is 26.8 Å². The molecule has 6 nitrogen and oxygen atoms in total. The molecule has 0 spiro atoms. The number of carbonyl (C=O) groups excluding carboxylic acids is 1. The fourth-order valence-corrected chi connectivity index (χ4v) is 3.03. The molecule has 0 fully saturated rings. The van der Waals surface area contributed by atoms with E-state index in [2.05, 4.69) is 17.3 Å². The molecule has 0 saturated heterocycles. The highest BCUT2D eigenvalue weighted by Crippen LogP contribution is 2.39. The van der Waals surface area contributed by atoms with Crippen molar-refractivity contribution in [1.82, 2.24) is 9.78 Å². The second kappa shape index (κ2) is 5.77. The molecule has 3 rings (SSSR count). The quantitative estimate of drug-likeness (QED) is 0.943. The molecule has 2 aromatic heterocycles. The maximum Gasteiger partial charge on any atom is 0.270 e. The number of nitrogens with one attached hydrogen (secondary N) is 1. The van der Waals surface area contributed by atoms with Crippen LogP contribution in [-0.2, 0) is 6.54 Å². The van der Waals surface area contributed by atoms with Gasteiger partial charge in [-0.1, -0.05) is 6.92 Å². The molecule has 21 heavy (non-hydrogen) atoms. The van der Waals surface area contributed by atoms with E-state index >= 15 is 0 Å². The van der Waals surface area contributed by atoms with Gasteiger partial charge in [0.15, 0.2) is 17.3 Å². The summed E-state index contributed by atoms with van der Waals surface area (Å²) in [6.07, 6.45) is 1.000. The fourth-order valence-electron chi connectivity index (χ4n) is 2.20. The number of hydrogen-bond acceptors (Lipinski definition) is 5. The third-order valence-corrected chi connectivity index (χ3v) is 4.10. The SMILES string of the molecule is CCCn1nc(NC(=O)c2scc3c2OCCO3)cc1C. The molecule has 1 N–H and O–H groups in total. The normalized spacial score (nSPS) is 13.2. The van der Waals surface area contributed by atoms with Crippen LogP contribution in [0.4, 0.5) is 5.82 Å². The predicted octanol–water partition coefficient (Wildman–Crippen LogP) is 2.69. The van der Waals surface area contributed by atoms with E-state index < -0.39 is 0 Å². The number of rotatable bonds is 4. The van der Waals surface area contributed by atoms with E-state index in [9.17, 15) is 4.79 Å². The van der Waals surface area contributed by atoms with Gasteiger partial charge in [0.05, 0.1) is 0 Å². The summed E-state index contributed by atoms with van der Waals surface area (Å²) in [5.41, 5.74) is 1.03. The molecule has 0 saturated carbocycles.